The Bertz CT molecular complexity index is 1250. The normalized spacial score (nSPS) is 10.8. The van der Waals surface area contributed by atoms with E-state index in [1.165, 1.54) is 29.9 Å². The van der Waals surface area contributed by atoms with E-state index in [2.05, 4.69) is 35.6 Å². The summed E-state index contributed by atoms with van der Waals surface area (Å²) in [5.74, 6) is 1.44. The Morgan fingerprint density at radius 2 is 2.00 bits per heavy atom. The Balaban J connectivity index is 1.59. The van der Waals surface area contributed by atoms with Gasteiger partial charge in [-0.25, -0.2) is 15.0 Å². The molecule has 0 bridgehead atoms. The SMILES string of the molecule is COc1ccc(Sc2ncc(Sc3ncn[nH]3)nc2CC(=O)Nc2ccn(C)n2)cc1OC. The van der Waals surface area contributed by atoms with Crippen molar-refractivity contribution in [3.05, 3.63) is 48.7 Å². The van der Waals surface area contributed by atoms with E-state index in [1.54, 1.807) is 44.4 Å². The van der Waals surface area contributed by atoms with Gasteiger partial charge in [0, 0.05) is 24.2 Å². The first kappa shape index (κ1) is 22.6. The largest absolute Gasteiger partial charge is 0.493 e. The molecule has 33 heavy (non-hydrogen) atoms. The number of anilines is 1. The average molecular weight is 485 g/mol. The molecule has 0 spiro atoms. The summed E-state index contributed by atoms with van der Waals surface area (Å²) in [5, 5.41) is 15.3. The topological polar surface area (TPSA) is 133 Å². The van der Waals surface area contributed by atoms with E-state index < -0.39 is 0 Å². The van der Waals surface area contributed by atoms with Gasteiger partial charge in [0.1, 0.15) is 16.4 Å². The van der Waals surface area contributed by atoms with Gasteiger partial charge in [0.05, 0.1) is 32.5 Å². The fourth-order valence-electron chi connectivity index (χ4n) is 2.80. The molecular formula is C20H20N8O3S2. The number of nitrogens with one attached hydrogen (secondary N) is 2. The van der Waals surface area contributed by atoms with Crippen LogP contribution in [-0.4, -0.2) is 55.1 Å². The number of amides is 1. The molecule has 1 aromatic carbocycles. The molecule has 2 N–H and O–H groups in total. The van der Waals surface area contributed by atoms with Crippen LogP contribution in [-0.2, 0) is 18.3 Å². The molecule has 170 valence electrons. The number of ether oxygens (including phenoxy) is 2. The van der Waals surface area contributed by atoms with Gasteiger partial charge < -0.3 is 14.8 Å². The highest BCUT2D eigenvalue weighted by molar-refractivity contribution is 7.99. The van der Waals surface area contributed by atoms with Crippen molar-refractivity contribution in [1.82, 2.24) is 34.9 Å². The zero-order valence-electron chi connectivity index (χ0n) is 18.0. The lowest BCUT2D eigenvalue weighted by molar-refractivity contribution is -0.115. The van der Waals surface area contributed by atoms with E-state index in [4.69, 9.17) is 9.47 Å². The first-order valence-corrected chi connectivity index (χ1v) is 11.3. The van der Waals surface area contributed by atoms with Gasteiger partial charge in [0.15, 0.2) is 22.5 Å². The van der Waals surface area contributed by atoms with Gasteiger partial charge in [-0.15, -0.1) is 0 Å². The van der Waals surface area contributed by atoms with Crippen LogP contribution in [0.15, 0.2) is 63.1 Å². The van der Waals surface area contributed by atoms with Gasteiger partial charge in [-0.2, -0.15) is 10.2 Å². The van der Waals surface area contributed by atoms with Gasteiger partial charge in [-0.3, -0.25) is 14.6 Å². The van der Waals surface area contributed by atoms with E-state index in [9.17, 15) is 4.79 Å². The number of aromatic nitrogens is 7. The monoisotopic (exact) mass is 484 g/mol. The van der Waals surface area contributed by atoms with E-state index >= 15 is 0 Å². The lowest BCUT2D eigenvalue weighted by Crippen LogP contribution is -2.17. The minimum absolute atomic E-state index is 0.0179. The first-order valence-electron chi connectivity index (χ1n) is 9.62. The lowest BCUT2D eigenvalue weighted by atomic mass is 10.3. The lowest BCUT2D eigenvalue weighted by Gasteiger charge is -2.11. The third-order valence-corrected chi connectivity index (χ3v) is 6.08. The van der Waals surface area contributed by atoms with Crippen LogP contribution in [0.2, 0.25) is 0 Å². The summed E-state index contributed by atoms with van der Waals surface area (Å²) in [6, 6.07) is 7.28. The molecule has 3 heterocycles. The van der Waals surface area contributed by atoms with E-state index in [1.807, 2.05) is 18.2 Å². The summed E-state index contributed by atoms with van der Waals surface area (Å²) < 4.78 is 12.3. The molecule has 0 fully saturated rings. The third-order valence-electron chi connectivity index (χ3n) is 4.26. The number of carbonyl (C=O) groups is 1. The number of carbonyl (C=O) groups excluding carboxylic acids is 1. The number of nitrogens with zero attached hydrogens (tertiary/aromatic N) is 6. The van der Waals surface area contributed by atoms with Gasteiger partial charge in [-0.05, 0) is 30.0 Å². The second-order valence-electron chi connectivity index (χ2n) is 6.57. The highest BCUT2D eigenvalue weighted by Crippen LogP contribution is 2.36. The van der Waals surface area contributed by atoms with Crippen molar-refractivity contribution in [2.24, 2.45) is 7.05 Å². The average Bonchev–Trinajstić information content (AvgIpc) is 3.46. The van der Waals surface area contributed by atoms with Crippen LogP contribution in [0.1, 0.15) is 5.69 Å². The molecule has 4 aromatic rings. The van der Waals surface area contributed by atoms with Crippen molar-refractivity contribution >= 4 is 35.2 Å². The van der Waals surface area contributed by atoms with Crippen molar-refractivity contribution in [3.63, 3.8) is 0 Å². The molecule has 3 aromatic heterocycles. The molecular weight excluding hydrogens is 464 g/mol. The number of methoxy groups -OCH3 is 2. The number of hydrogen-bond acceptors (Lipinski definition) is 10. The smallest absolute Gasteiger partial charge is 0.231 e. The molecule has 0 saturated heterocycles. The Kier molecular flexibility index (Phi) is 7.10. The van der Waals surface area contributed by atoms with E-state index in [0.29, 0.717) is 38.2 Å². The van der Waals surface area contributed by atoms with Gasteiger partial charge in [0.2, 0.25) is 5.91 Å². The maximum absolute atomic E-state index is 12.7. The van der Waals surface area contributed by atoms with Crippen molar-refractivity contribution in [2.75, 3.05) is 19.5 Å². The Morgan fingerprint density at radius 3 is 2.70 bits per heavy atom. The molecule has 0 saturated carbocycles. The molecule has 11 nitrogen and oxygen atoms in total. The summed E-state index contributed by atoms with van der Waals surface area (Å²) in [6.07, 6.45) is 4.82. The molecule has 0 atom stereocenters. The van der Waals surface area contributed by atoms with Crippen molar-refractivity contribution in [2.45, 2.75) is 26.5 Å². The Labute approximate surface area is 197 Å². The van der Waals surface area contributed by atoms with E-state index in [0.717, 1.165) is 4.90 Å². The van der Waals surface area contributed by atoms with Crippen molar-refractivity contribution in [1.29, 1.82) is 0 Å². The predicted molar refractivity (Wildman–Crippen MR) is 122 cm³/mol. The molecule has 0 unspecified atom stereocenters. The summed E-state index contributed by atoms with van der Waals surface area (Å²) in [7, 11) is 4.94. The van der Waals surface area contributed by atoms with Crippen LogP contribution in [0, 0.1) is 0 Å². The van der Waals surface area contributed by atoms with Gasteiger partial charge >= 0.3 is 0 Å². The summed E-state index contributed by atoms with van der Waals surface area (Å²) in [6.45, 7) is 0. The fraction of sp³-hybridized carbons (Fsp3) is 0.200. The number of hydrogen-bond donors (Lipinski definition) is 2. The van der Waals surface area contributed by atoms with Crippen LogP contribution < -0.4 is 14.8 Å². The molecule has 0 aliphatic heterocycles. The van der Waals surface area contributed by atoms with Crippen molar-refractivity contribution < 1.29 is 14.3 Å². The highest BCUT2D eigenvalue weighted by Gasteiger charge is 2.17. The number of aryl methyl sites for hydroxylation is 1. The Morgan fingerprint density at radius 1 is 1.15 bits per heavy atom. The van der Waals surface area contributed by atoms with Crippen LogP contribution >= 0.6 is 23.5 Å². The molecule has 4 rings (SSSR count). The van der Waals surface area contributed by atoms with Crippen molar-refractivity contribution in [3.8, 4) is 11.5 Å². The molecule has 0 radical (unpaired) electrons. The van der Waals surface area contributed by atoms with E-state index in [-0.39, 0.29) is 12.3 Å². The predicted octanol–water partition coefficient (Wildman–Crippen LogP) is 2.83. The molecule has 0 aliphatic rings. The van der Waals surface area contributed by atoms with Crippen LogP contribution in [0.25, 0.3) is 0 Å². The number of H-pyrrole nitrogens is 1. The zero-order valence-corrected chi connectivity index (χ0v) is 19.6. The minimum atomic E-state index is -0.251. The quantitative estimate of drug-likeness (QED) is 0.365. The number of rotatable bonds is 9. The number of aromatic amines is 1. The second kappa shape index (κ2) is 10.4. The zero-order chi connectivity index (χ0) is 23.2. The molecule has 0 aliphatic carbocycles. The molecule has 13 heteroatoms. The van der Waals surface area contributed by atoms with Gasteiger partial charge in [0.25, 0.3) is 0 Å². The maximum atomic E-state index is 12.7. The summed E-state index contributed by atoms with van der Waals surface area (Å²) in [4.78, 5) is 26.9. The maximum Gasteiger partial charge on any atom is 0.231 e. The van der Waals surface area contributed by atoms with Crippen LogP contribution in [0.4, 0.5) is 5.82 Å². The third kappa shape index (κ3) is 5.81. The van der Waals surface area contributed by atoms with Crippen LogP contribution in [0.5, 0.6) is 11.5 Å². The minimum Gasteiger partial charge on any atom is -0.493 e. The van der Waals surface area contributed by atoms with Gasteiger partial charge in [-0.1, -0.05) is 11.8 Å². The summed E-state index contributed by atoms with van der Waals surface area (Å²) >= 11 is 2.65. The highest BCUT2D eigenvalue weighted by atomic mass is 32.2. The number of benzene rings is 1. The molecule has 1 amide bonds. The second-order valence-corrected chi connectivity index (χ2v) is 8.64. The van der Waals surface area contributed by atoms with Crippen LogP contribution in [0.3, 0.4) is 0 Å². The standard InChI is InChI=1S/C20H20N8O3S2/c1-28-7-6-16(27-28)25-17(29)9-13-19(21-10-18(24-13)33-20-22-11-23-26-20)32-12-4-5-14(30-2)15(8-12)31-3/h4-8,10-11H,9H2,1-3H3,(H,22,23,26)(H,25,27,29). The summed E-state index contributed by atoms with van der Waals surface area (Å²) in [5.41, 5.74) is 0.521. The Hall–Kier alpha value is -3.58. The first-order chi connectivity index (χ1) is 16.0. The fourth-order valence-corrected chi connectivity index (χ4v) is 4.33.